The van der Waals surface area contributed by atoms with Gasteiger partial charge in [0.1, 0.15) is 0 Å². The molecule has 1 saturated carbocycles. The zero-order chi connectivity index (χ0) is 23.5. The normalized spacial score (nSPS) is 19.5. The first kappa shape index (κ1) is 24.2. The monoisotopic (exact) mass is 479 g/mol. The van der Waals surface area contributed by atoms with Gasteiger partial charge in [0.05, 0.1) is 27.4 Å². The summed E-state index contributed by atoms with van der Waals surface area (Å²) in [6.07, 6.45) is -4.40. The van der Waals surface area contributed by atoms with Crippen LogP contribution in [0.4, 0.5) is 32.0 Å². The maximum Gasteiger partial charge on any atom is 0.417 e. The molecule has 0 radical (unpaired) electrons. The van der Waals surface area contributed by atoms with E-state index in [4.69, 9.17) is 11.6 Å². The van der Waals surface area contributed by atoms with Crippen molar-refractivity contribution in [3.63, 3.8) is 0 Å². The molecule has 11 heteroatoms. The van der Waals surface area contributed by atoms with E-state index in [0.717, 1.165) is 30.5 Å². The molecule has 32 heavy (non-hydrogen) atoms. The van der Waals surface area contributed by atoms with E-state index in [-0.39, 0.29) is 28.2 Å². The number of carbonyl (C=O) groups is 1. The molecule has 1 fully saturated rings. The van der Waals surface area contributed by atoms with Gasteiger partial charge >= 0.3 is 12.4 Å². The molecular formula is C21H20ClF6N3O. The first-order valence-corrected chi connectivity index (χ1v) is 10.2. The fourth-order valence-electron chi connectivity index (χ4n) is 3.60. The van der Waals surface area contributed by atoms with E-state index in [1.165, 1.54) is 6.20 Å². The van der Waals surface area contributed by atoms with Crippen LogP contribution in [0.5, 0.6) is 0 Å². The number of aromatic nitrogens is 1. The van der Waals surface area contributed by atoms with E-state index >= 15 is 0 Å². The molecule has 0 spiro atoms. The van der Waals surface area contributed by atoms with Gasteiger partial charge in [-0.1, -0.05) is 11.6 Å². The van der Waals surface area contributed by atoms with E-state index in [9.17, 15) is 31.1 Å². The Hall–Kier alpha value is -2.49. The highest BCUT2D eigenvalue weighted by molar-refractivity contribution is 6.33. The summed E-state index contributed by atoms with van der Waals surface area (Å²) in [7, 11) is 0. The van der Waals surface area contributed by atoms with Gasteiger partial charge in [-0.3, -0.25) is 9.78 Å². The maximum atomic E-state index is 12.9. The van der Waals surface area contributed by atoms with Crippen LogP contribution in [0.25, 0.3) is 0 Å². The Morgan fingerprint density at radius 3 is 2.25 bits per heavy atom. The number of anilines is 1. The Labute approximate surface area is 185 Å². The quantitative estimate of drug-likeness (QED) is 0.504. The summed E-state index contributed by atoms with van der Waals surface area (Å²) >= 11 is 5.91. The van der Waals surface area contributed by atoms with Gasteiger partial charge in [0.15, 0.2) is 0 Å². The van der Waals surface area contributed by atoms with Gasteiger partial charge in [0.25, 0.3) is 5.91 Å². The van der Waals surface area contributed by atoms with Gasteiger partial charge in [0, 0.05) is 25.0 Å². The lowest BCUT2D eigenvalue weighted by atomic mass is 9.86. The lowest BCUT2D eigenvalue weighted by molar-refractivity contribution is -0.138. The van der Waals surface area contributed by atoms with Crippen LogP contribution in [0.1, 0.15) is 47.2 Å². The number of hydrogen-bond acceptors (Lipinski definition) is 3. The molecule has 0 aliphatic heterocycles. The van der Waals surface area contributed by atoms with Crippen LogP contribution in [0.3, 0.4) is 0 Å². The van der Waals surface area contributed by atoms with Crippen LogP contribution in [0, 0.1) is 5.92 Å². The number of benzene rings is 1. The Morgan fingerprint density at radius 1 is 0.969 bits per heavy atom. The van der Waals surface area contributed by atoms with Crippen LogP contribution in [-0.2, 0) is 12.4 Å². The van der Waals surface area contributed by atoms with Crippen molar-refractivity contribution >= 4 is 23.2 Å². The highest BCUT2D eigenvalue weighted by Crippen LogP contribution is 2.33. The molecule has 1 aromatic heterocycles. The average molecular weight is 480 g/mol. The predicted molar refractivity (Wildman–Crippen MR) is 107 cm³/mol. The smallest absolute Gasteiger partial charge is 0.384 e. The van der Waals surface area contributed by atoms with Gasteiger partial charge in [-0.2, -0.15) is 26.3 Å². The number of halogens is 7. The van der Waals surface area contributed by atoms with Crippen LogP contribution < -0.4 is 10.6 Å². The number of pyridine rings is 1. The molecule has 1 amide bonds. The van der Waals surface area contributed by atoms with Gasteiger partial charge in [-0.05, 0) is 55.9 Å². The van der Waals surface area contributed by atoms with Crippen molar-refractivity contribution in [1.82, 2.24) is 10.3 Å². The maximum absolute atomic E-state index is 12.9. The number of amides is 1. The highest BCUT2D eigenvalue weighted by atomic mass is 35.5. The van der Waals surface area contributed by atoms with Crippen molar-refractivity contribution in [3.8, 4) is 0 Å². The number of carbonyl (C=O) groups excluding carboxylic acids is 1. The van der Waals surface area contributed by atoms with Crippen molar-refractivity contribution in [2.75, 3.05) is 11.9 Å². The van der Waals surface area contributed by atoms with Crippen molar-refractivity contribution in [2.45, 2.75) is 44.1 Å². The molecule has 0 saturated heterocycles. The lowest BCUT2D eigenvalue weighted by Crippen LogP contribution is -2.38. The molecule has 1 aromatic carbocycles. The summed E-state index contributed by atoms with van der Waals surface area (Å²) in [5.41, 5.74) is -1.75. The largest absolute Gasteiger partial charge is 0.417 e. The van der Waals surface area contributed by atoms with Crippen LogP contribution in [0.15, 0.2) is 36.7 Å². The first-order chi connectivity index (χ1) is 14.9. The lowest BCUT2D eigenvalue weighted by Gasteiger charge is -2.29. The number of alkyl halides is 6. The summed E-state index contributed by atoms with van der Waals surface area (Å²) in [6.45, 7) is 0.448. The third-order valence-electron chi connectivity index (χ3n) is 5.38. The van der Waals surface area contributed by atoms with Crippen molar-refractivity contribution in [2.24, 2.45) is 5.92 Å². The molecule has 2 aromatic rings. The third kappa shape index (κ3) is 6.27. The fraction of sp³-hybridized carbons (Fsp3) is 0.429. The van der Waals surface area contributed by atoms with E-state index in [0.29, 0.717) is 32.2 Å². The molecule has 2 N–H and O–H groups in total. The number of nitrogens with one attached hydrogen (secondary N) is 2. The number of nitrogens with zero attached hydrogens (tertiary/aromatic N) is 1. The summed E-state index contributed by atoms with van der Waals surface area (Å²) in [5.74, 6) is -0.493. The fourth-order valence-corrected chi connectivity index (χ4v) is 3.81. The third-order valence-corrected chi connectivity index (χ3v) is 5.71. The molecule has 0 bridgehead atoms. The first-order valence-electron chi connectivity index (χ1n) is 9.87. The van der Waals surface area contributed by atoms with Gasteiger partial charge in [-0.15, -0.1) is 0 Å². The second-order valence-electron chi connectivity index (χ2n) is 7.72. The molecular weight excluding hydrogens is 460 g/mol. The van der Waals surface area contributed by atoms with E-state index in [2.05, 4.69) is 15.6 Å². The molecule has 174 valence electrons. The highest BCUT2D eigenvalue weighted by Gasteiger charge is 2.33. The summed E-state index contributed by atoms with van der Waals surface area (Å²) in [5, 5.41) is 5.62. The Morgan fingerprint density at radius 2 is 1.62 bits per heavy atom. The molecule has 3 rings (SSSR count). The van der Waals surface area contributed by atoms with Crippen molar-refractivity contribution in [3.05, 3.63) is 58.4 Å². The standard InChI is InChI=1S/C21H20ClF6N3O/c22-18-6-3-13(20(23,24)25)8-17(18)19(32)31-15-4-1-12(2-5-15)9-30-16-7-14(10-29-11-16)21(26,27)28/h3,6-8,10-12,15,30H,1-2,4-5,9H2,(H,31,32)/t12-,15-. The molecule has 1 aliphatic rings. The second-order valence-corrected chi connectivity index (χ2v) is 8.13. The van der Waals surface area contributed by atoms with Crippen molar-refractivity contribution < 1.29 is 31.1 Å². The molecule has 0 atom stereocenters. The predicted octanol–water partition coefficient (Wildman–Crippen LogP) is 6.17. The minimum atomic E-state index is -4.58. The zero-order valence-electron chi connectivity index (χ0n) is 16.7. The Bertz CT molecular complexity index is 955. The summed E-state index contributed by atoms with van der Waals surface area (Å²) < 4.78 is 77.0. The van der Waals surface area contributed by atoms with Gasteiger partial charge in [0.2, 0.25) is 0 Å². The minimum Gasteiger partial charge on any atom is -0.384 e. The van der Waals surface area contributed by atoms with E-state index < -0.39 is 29.4 Å². The van der Waals surface area contributed by atoms with Crippen LogP contribution in [-0.4, -0.2) is 23.5 Å². The van der Waals surface area contributed by atoms with Gasteiger partial charge < -0.3 is 10.6 Å². The minimum absolute atomic E-state index is 0.0666. The average Bonchev–Trinajstić information content (AvgIpc) is 2.72. The van der Waals surface area contributed by atoms with E-state index in [1.54, 1.807) is 0 Å². The number of hydrogen-bond donors (Lipinski definition) is 2. The molecule has 1 aliphatic carbocycles. The van der Waals surface area contributed by atoms with Crippen LogP contribution >= 0.6 is 11.6 Å². The SMILES string of the molecule is O=C(N[C@H]1CC[C@H](CNc2cncc(C(F)(F)F)c2)CC1)c1cc(C(F)(F)F)ccc1Cl. The van der Waals surface area contributed by atoms with Crippen molar-refractivity contribution in [1.29, 1.82) is 0 Å². The Balaban J connectivity index is 1.51. The van der Waals surface area contributed by atoms with Crippen LogP contribution in [0.2, 0.25) is 5.02 Å². The van der Waals surface area contributed by atoms with Gasteiger partial charge in [-0.25, -0.2) is 0 Å². The summed E-state index contributed by atoms with van der Waals surface area (Å²) in [4.78, 5) is 16.0. The molecule has 4 nitrogen and oxygen atoms in total. The second kappa shape index (κ2) is 9.56. The Kier molecular flexibility index (Phi) is 7.22. The van der Waals surface area contributed by atoms with E-state index in [1.807, 2.05) is 0 Å². The topological polar surface area (TPSA) is 54.0 Å². The molecule has 0 unspecified atom stereocenters. The zero-order valence-corrected chi connectivity index (χ0v) is 17.4. The number of rotatable bonds is 5. The molecule has 1 heterocycles. The summed E-state index contributed by atoms with van der Waals surface area (Å²) in [6, 6.07) is 3.37.